The van der Waals surface area contributed by atoms with Crippen molar-refractivity contribution in [2.24, 2.45) is 0 Å². The molecule has 0 aliphatic heterocycles. The lowest BCUT2D eigenvalue weighted by Crippen LogP contribution is -2.19. The number of nitrogens with one attached hydrogen (secondary N) is 1. The molecule has 0 saturated carbocycles. The van der Waals surface area contributed by atoms with Crippen molar-refractivity contribution in [3.8, 4) is 11.5 Å². The maximum atomic E-state index is 12.5. The quantitative estimate of drug-likeness (QED) is 0.493. The number of alkyl halides is 3. The Bertz CT molecular complexity index is 1050. The van der Waals surface area contributed by atoms with Gasteiger partial charge in [-0.2, -0.15) is 0 Å². The van der Waals surface area contributed by atoms with Gasteiger partial charge in [0.2, 0.25) is 5.91 Å². The van der Waals surface area contributed by atoms with E-state index < -0.39 is 18.0 Å². The number of nitrogens with zero attached hydrogens (tertiary/aromatic N) is 1. The first kappa shape index (κ1) is 21.4. The molecule has 3 aromatic rings. The van der Waals surface area contributed by atoms with Crippen molar-refractivity contribution in [3.05, 3.63) is 76.3 Å². The van der Waals surface area contributed by atoms with Crippen molar-refractivity contribution < 1.29 is 27.4 Å². The van der Waals surface area contributed by atoms with Gasteiger partial charge in [0.1, 0.15) is 12.4 Å². The van der Waals surface area contributed by atoms with Gasteiger partial charge in [0.05, 0.1) is 16.4 Å². The zero-order chi connectivity index (χ0) is 21.6. The Kier molecular flexibility index (Phi) is 6.73. The molecule has 1 aromatic heterocycles. The summed E-state index contributed by atoms with van der Waals surface area (Å²) in [4.78, 5) is 16.5. The number of aryl methyl sites for hydroxylation is 1. The standard InChI is InChI=1S/C21H17F3N2O3S/c1-14-25-16(13-30-14)12-28-17-6-4-5-15(11-17)9-10-20(27)26-18-7-2-3-8-19(18)29-21(22,23)24/h2-11,13H,12H2,1H3,(H,26,27)/b10-9+. The summed E-state index contributed by atoms with van der Waals surface area (Å²) in [7, 11) is 0. The highest BCUT2D eigenvalue weighted by Crippen LogP contribution is 2.30. The molecule has 0 unspecified atom stereocenters. The number of hydrogen-bond acceptors (Lipinski definition) is 5. The number of carbonyl (C=O) groups excluding carboxylic acids is 1. The fourth-order valence-corrected chi connectivity index (χ4v) is 3.07. The second-order valence-electron chi connectivity index (χ2n) is 6.09. The Labute approximate surface area is 174 Å². The SMILES string of the molecule is Cc1nc(COc2cccc(/C=C/C(=O)Nc3ccccc3OC(F)(F)F)c2)cs1. The van der Waals surface area contributed by atoms with E-state index in [0.717, 1.165) is 16.8 Å². The molecule has 0 atom stereocenters. The monoisotopic (exact) mass is 434 g/mol. The molecule has 0 radical (unpaired) electrons. The number of thiazole rings is 1. The van der Waals surface area contributed by atoms with Crippen molar-refractivity contribution in [1.82, 2.24) is 4.98 Å². The first-order valence-electron chi connectivity index (χ1n) is 8.76. The summed E-state index contributed by atoms with van der Waals surface area (Å²) in [6.07, 6.45) is -2.11. The van der Waals surface area contributed by atoms with Crippen LogP contribution < -0.4 is 14.8 Å². The van der Waals surface area contributed by atoms with Gasteiger partial charge >= 0.3 is 6.36 Å². The highest BCUT2D eigenvalue weighted by Gasteiger charge is 2.32. The van der Waals surface area contributed by atoms with Gasteiger partial charge in [0.15, 0.2) is 5.75 Å². The second kappa shape index (κ2) is 9.45. The van der Waals surface area contributed by atoms with E-state index in [1.807, 2.05) is 12.3 Å². The Hall–Kier alpha value is -3.33. The summed E-state index contributed by atoms with van der Waals surface area (Å²) < 4.78 is 47.0. The number of para-hydroxylation sites is 2. The lowest BCUT2D eigenvalue weighted by Gasteiger charge is -2.13. The van der Waals surface area contributed by atoms with Gasteiger partial charge in [-0.05, 0) is 42.8 Å². The normalized spacial score (nSPS) is 11.5. The summed E-state index contributed by atoms with van der Waals surface area (Å²) in [5, 5.41) is 5.26. The van der Waals surface area contributed by atoms with E-state index in [4.69, 9.17) is 4.74 Å². The van der Waals surface area contributed by atoms with Gasteiger partial charge < -0.3 is 14.8 Å². The Morgan fingerprint density at radius 2 is 2.00 bits per heavy atom. The minimum Gasteiger partial charge on any atom is -0.487 e. The van der Waals surface area contributed by atoms with Crippen LogP contribution in [0.15, 0.2) is 60.0 Å². The van der Waals surface area contributed by atoms with Crippen LogP contribution in [0.2, 0.25) is 0 Å². The number of carbonyl (C=O) groups is 1. The zero-order valence-corrected chi connectivity index (χ0v) is 16.6. The van der Waals surface area contributed by atoms with Crippen LogP contribution >= 0.6 is 11.3 Å². The van der Waals surface area contributed by atoms with Crippen LogP contribution in [-0.2, 0) is 11.4 Å². The predicted octanol–water partition coefficient (Wildman–Crippen LogP) is 5.58. The van der Waals surface area contributed by atoms with E-state index in [9.17, 15) is 18.0 Å². The summed E-state index contributed by atoms with van der Waals surface area (Å²) in [6, 6.07) is 12.4. The fourth-order valence-electron chi connectivity index (χ4n) is 2.47. The second-order valence-corrected chi connectivity index (χ2v) is 7.15. The van der Waals surface area contributed by atoms with Crippen LogP contribution in [0.3, 0.4) is 0 Å². The van der Waals surface area contributed by atoms with E-state index in [0.29, 0.717) is 17.9 Å². The molecule has 5 nitrogen and oxygen atoms in total. The Morgan fingerprint density at radius 1 is 1.20 bits per heavy atom. The lowest BCUT2D eigenvalue weighted by molar-refractivity contribution is -0.274. The number of amides is 1. The maximum absolute atomic E-state index is 12.5. The zero-order valence-electron chi connectivity index (χ0n) is 15.8. The molecule has 1 heterocycles. The van der Waals surface area contributed by atoms with Crippen LogP contribution in [0, 0.1) is 6.92 Å². The van der Waals surface area contributed by atoms with E-state index in [-0.39, 0.29) is 5.69 Å². The van der Waals surface area contributed by atoms with Crippen molar-refractivity contribution in [2.75, 3.05) is 5.32 Å². The average molecular weight is 434 g/mol. The molecule has 1 N–H and O–H groups in total. The van der Waals surface area contributed by atoms with E-state index in [1.165, 1.54) is 30.4 Å². The first-order chi connectivity index (χ1) is 14.3. The number of rotatable bonds is 7. The van der Waals surface area contributed by atoms with E-state index in [1.54, 1.807) is 35.6 Å². The summed E-state index contributed by atoms with van der Waals surface area (Å²) in [5.41, 5.74) is 1.44. The average Bonchev–Trinajstić information content (AvgIpc) is 3.11. The number of benzene rings is 2. The van der Waals surface area contributed by atoms with Crippen LogP contribution in [-0.4, -0.2) is 17.3 Å². The Morgan fingerprint density at radius 3 is 2.73 bits per heavy atom. The Balaban J connectivity index is 1.61. The molecule has 0 aliphatic rings. The number of aromatic nitrogens is 1. The predicted molar refractivity (Wildman–Crippen MR) is 108 cm³/mol. The molecule has 1 amide bonds. The topological polar surface area (TPSA) is 60.5 Å². The number of hydrogen-bond donors (Lipinski definition) is 1. The van der Waals surface area contributed by atoms with Crippen LogP contribution in [0.1, 0.15) is 16.3 Å². The van der Waals surface area contributed by atoms with Gasteiger partial charge in [-0.1, -0.05) is 24.3 Å². The molecule has 0 saturated heterocycles. The highest BCUT2D eigenvalue weighted by atomic mass is 32.1. The molecule has 3 rings (SSSR count). The molecule has 0 fully saturated rings. The van der Waals surface area contributed by atoms with Gasteiger partial charge in [-0.25, -0.2) is 4.98 Å². The van der Waals surface area contributed by atoms with Crippen molar-refractivity contribution >= 4 is 29.0 Å². The van der Waals surface area contributed by atoms with Crippen molar-refractivity contribution in [1.29, 1.82) is 0 Å². The maximum Gasteiger partial charge on any atom is 0.573 e. The van der Waals surface area contributed by atoms with Crippen LogP contribution in [0.25, 0.3) is 6.08 Å². The molecular weight excluding hydrogens is 417 g/mol. The molecular formula is C21H17F3N2O3S. The lowest BCUT2D eigenvalue weighted by atomic mass is 10.2. The van der Waals surface area contributed by atoms with Gasteiger partial charge in [0, 0.05) is 11.5 Å². The van der Waals surface area contributed by atoms with Crippen molar-refractivity contribution in [3.63, 3.8) is 0 Å². The molecule has 156 valence electrons. The van der Waals surface area contributed by atoms with E-state index in [2.05, 4.69) is 15.0 Å². The largest absolute Gasteiger partial charge is 0.573 e. The third-order valence-corrected chi connectivity index (χ3v) is 4.53. The fraction of sp³-hybridized carbons (Fsp3) is 0.143. The molecule has 9 heteroatoms. The van der Waals surface area contributed by atoms with Crippen molar-refractivity contribution in [2.45, 2.75) is 19.9 Å². The minimum atomic E-state index is -4.85. The number of ether oxygens (including phenoxy) is 2. The molecule has 0 aliphatic carbocycles. The number of halogens is 3. The third-order valence-electron chi connectivity index (χ3n) is 3.71. The van der Waals surface area contributed by atoms with Gasteiger partial charge in [0.25, 0.3) is 0 Å². The van der Waals surface area contributed by atoms with Crippen LogP contribution in [0.4, 0.5) is 18.9 Å². The number of anilines is 1. The molecule has 30 heavy (non-hydrogen) atoms. The van der Waals surface area contributed by atoms with Gasteiger partial charge in [-0.15, -0.1) is 24.5 Å². The highest BCUT2D eigenvalue weighted by molar-refractivity contribution is 7.09. The van der Waals surface area contributed by atoms with E-state index >= 15 is 0 Å². The van der Waals surface area contributed by atoms with Gasteiger partial charge in [-0.3, -0.25) is 4.79 Å². The van der Waals surface area contributed by atoms with Crippen LogP contribution in [0.5, 0.6) is 11.5 Å². The third kappa shape index (κ3) is 6.63. The molecule has 2 aromatic carbocycles. The summed E-state index contributed by atoms with van der Waals surface area (Å²) >= 11 is 1.54. The minimum absolute atomic E-state index is 0.0832. The smallest absolute Gasteiger partial charge is 0.487 e. The first-order valence-corrected chi connectivity index (χ1v) is 9.64. The summed E-state index contributed by atoms with van der Waals surface area (Å²) in [6.45, 7) is 2.24. The molecule has 0 spiro atoms. The molecule has 0 bridgehead atoms. The summed E-state index contributed by atoms with van der Waals surface area (Å²) in [5.74, 6) is -0.482.